The lowest BCUT2D eigenvalue weighted by Gasteiger charge is -2.40. The molecule has 0 aliphatic heterocycles. The average molecular weight is 272 g/mol. The molecule has 2 rings (SSSR count). The summed E-state index contributed by atoms with van der Waals surface area (Å²) in [6, 6.07) is 2.04. The van der Waals surface area contributed by atoms with Gasteiger partial charge in [-0.15, -0.1) is 11.3 Å². The van der Waals surface area contributed by atoms with Crippen molar-refractivity contribution in [1.29, 1.82) is 0 Å². The van der Waals surface area contributed by atoms with Gasteiger partial charge in [-0.25, -0.2) is 0 Å². The van der Waals surface area contributed by atoms with Gasteiger partial charge in [-0.05, 0) is 61.6 Å². The number of hydrogen-bond acceptors (Lipinski definition) is 2. The van der Waals surface area contributed by atoms with Gasteiger partial charge in [0.25, 0.3) is 0 Å². The topological polar surface area (TPSA) is 12.0 Å². The molecule has 1 aromatic rings. The van der Waals surface area contributed by atoms with Crippen LogP contribution in [0.1, 0.15) is 43.9 Å². The van der Waals surface area contributed by atoms with Gasteiger partial charge in [0.2, 0.25) is 0 Å². The maximum absolute atomic E-state index is 6.32. The van der Waals surface area contributed by atoms with Crippen LogP contribution in [-0.4, -0.2) is 13.6 Å². The van der Waals surface area contributed by atoms with E-state index in [-0.39, 0.29) is 0 Å². The minimum absolute atomic E-state index is 0.461. The van der Waals surface area contributed by atoms with Crippen LogP contribution >= 0.6 is 22.9 Å². The second-order valence-corrected chi connectivity index (χ2v) is 7.32. The molecular formula is C14H22ClNS. The standard InChI is InChI=1S/C14H22ClNS/c1-14(2)6-4-10(9-16-3)11(8-14)13-12(15)5-7-17-13/h5,7,10-11,16H,4,6,8-9H2,1-3H3. The van der Waals surface area contributed by atoms with Crippen LogP contribution in [0.3, 0.4) is 0 Å². The van der Waals surface area contributed by atoms with E-state index in [1.54, 1.807) is 0 Å². The van der Waals surface area contributed by atoms with Crippen molar-refractivity contribution in [3.05, 3.63) is 21.3 Å². The third kappa shape index (κ3) is 3.04. The summed E-state index contributed by atoms with van der Waals surface area (Å²) >= 11 is 8.15. The normalized spacial score (nSPS) is 28.2. The highest BCUT2D eigenvalue weighted by atomic mass is 35.5. The molecule has 1 saturated carbocycles. The largest absolute Gasteiger partial charge is 0.319 e. The Morgan fingerprint density at radius 2 is 2.29 bits per heavy atom. The highest BCUT2D eigenvalue weighted by Gasteiger charge is 2.36. The average Bonchev–Trinajstić information content (AvgIpc) is 2.67. The van der Waals surface area contributed by atoms with E-state index in [0.717, 1.165) is 17.5 Å². The maximum atomic E-state index is 6.32. The van der Waals surface area contributed by atoms with Crippen LogP contribution in [0.2, 0.25) is 5.02 Å². The number of thiophene rings is 1. The number of nitrogens with one attached hydrogen (secondary N) is 1. The Morgan fingerprint density at radius 3 is 2.88 bits per heavy atom. The molecular weight excluding hydrogens is 250 g/mol. The van der Waals surface area contributed by atoms with Gasteiger partial charge in [0.1, 0.15) is 0 Å². The zero-order valence-corrected chi connectivity index (χ0v) is 12.5. The van der Waals surface area contributed by atoms with Gasteiger partial charge in [0, 0.05) is 4.88 Å². The lowest BCUT2D eigenvalue weighted by molar-refractivity contribution is 0.163. The van der Waals surface area contributed by atoms with E-state index in [2.05, 4.69) is 24.5 Å². The SMILES string of the molecule is CNCC1CCC(C)(C)CC1c1sccc1Cl. The summed E-state index contributed by atoms with van der Waals surface area (Å²) in [6.07, 6.45) is 3.91. The molecule has 1 N–H and O–H groups in total. The molecule has 3 heteroatoms. The molecule has 0 bridgehead atoms. The van der Waals surface area contributed by atoms with E-state index in [9.17, 15) is 0 Å². The van der Waals surface area contributed by atoms with Crippen molar-refractivity contribution in [2.75, 3.05) is 13.6 Å². The minimum Gasteiger partial charge on any atom is -0.319 e. The predicted molar refractivity (Wildman–Crippen MR) is 77.1 cm³/mol. The molecule has 1 fully saturated rings. The number of hydrogen-bond donors (Lipinski definition) is 1. The second kappa shape index (κ2) is 5.29. The van der Waals surface area contributed by atoms with E-state index in [0.29, 0.717) is 11.3 Å². The van der Waals surface area contributed by atoms with Crippen molar-refractivity contribution < 1.29 is 0 Å². The second-order valence-electron chi connectivity index (χ2n) is 5.96. The molecule has 1 aromatic heterocycles. The summed E-state index contributed by atoms with van der Waals surface area (Å²) in [5.74, 6) is 1.38. The van der Waals surface area contributed by atoms with Gasteiger partial charge in [-0.3, -0.25) is 0 Å². The fourth-order valence-electron chi connectivity index (χ4n) is 3.02. The van der Waals surface area contributed by atoms with Crippen LogP contribution in [0.5, 0.6) is 0 Å². The van der Waals surface area contributed by atoms with E-state index in [4.69, 9.17) is 11.6 Å². The van der Waals surface area contributed by atoms with Crippen molar-refractivity contribution in [1.82, 2.24) is 5.32 Å². The summed E-state index contributed by atoms with van der Waals surface area (Å²) in [7, 11) is 2.05. The van der Waals surface area contributed by atoms with Crippen molar-refractivity contribution in [2.24, 2.45) is 11.3 Å². The molecule has 0 saturated heterocycles. The molecule has 17 heavy (non-hydrogen) atoms. The molecule has 1 aliphatic rings. The lowest BCUT2D eigenvalue weighted by atomic mass is 9.66. The van der Waals surface area contributed by atoms with Gasteiger partial charge in [-0.2, -0.15) is 0 Å². The molecule has 1 heterocycles. The van der Waals surface area contributed by atoms with Crippen molar-refractivity contribution >= 4 is 22.9 Å². The lowest BCUT2D eigenvalue weighted by Crippen LogP contribution is -2.33. The quantitative estimate of drug-likeness (QED) is 0.852. The first kappa shape index (κ1) is 13.4. The third-order valence-corrected chi connectivity index (χ3v) is 5.47. The molecule has 0 radical (unpaired) electrons. The molecule has 2 unspecified atom stereocenters. The number of halogens is 1. The third-order valence-electron chi connectivity index (χ3n) is 3.98. The van der Waals surface area contributed by atoms with Crippen LogP contribution < -0.4 is 5.32 Å². The Labute approximate surface area is 114 Å². The molecule has 1 nitrogen and oxygen atoms in total. The maximum Gasteiger partial charge on any atom is 0.0547 e. The Kier molecular flexibility index (Phi) is 4.17. The zero-order valence-electron chi connectivity index (χ0n) is 10.9. The van der Waals surface area contributed by atoms with E-state index in [1.165, 1.54) is 24.1 Å². The molecule has 0 amide bonds. The van der Waals surface area contributed by atoms with Gasteiger partial charge >= 0.3 is 0 Å². The smallest absolute Gasteiger partial charge is 0.0547 e. The van der Waals surface area contributed by atoms with E-state index < -0.39 is 0 Å². The van der Waals surface area contributed by atoms with Crippen LogP contribution in [-0.2, 0) is 0 Å². The monoisotopic (exact) mass is 271 g/mol. The van der Waals surface area contributed by atoms with Crippen LogP contribution in [0.4, 0.5) is 0 Å². The van der Waals surface area contributed by atoms with Crippen molar-refractivity contribution in [3.8, 4) is 0 Å². The Bertz CT molecular complexity index is 372. The van der Waals surface area contributed by atoms with Crippen molar-refractivity contribution in [3.63, 3.8) is 0 Å². The molecule has 2 atom stereocenters. The summed E-state index contributed by atoms with van der Waals surface area (Å²) < 4.78 is 0. The first-order valence-electron chi connectivity index (χ1n) is 6.41. The first-order chi connectivity index (χ1) is 8.03. The number of rotatable bonds is 3. The Balaban J connectivity index is 2.22. The minimum atomic E-state index is 0.461. The molecule has 0 spiro atoms. The van der Waals surface area contributed by atoms with E-state index >= 15 is 0 Å². The van der Waals surface area contributed by atoms with Crippen LogP contribution in [0, 0.1) is 11.3 Å². The van der Waals surface area contributed by atoms with Gasteiger partial charge < -0.3 is 5.32 Å². The highest BCUT2D eigenvalue weighted by molar-refractivity contribution is 7.10. The Hall–Kier alpha value is -0.0500. The Morgan fingerprint density at radius 1 is 1.53 bits per heavy atom. The van der Waals surface area contributed by atoms with Gasteiger partial charge in [-0.1, -0.05) is 25.4 Å². The predicted octanol–water partition coefficient (Wildman–Crippen LogP) is 4.53. The molecule has 1 aliphatic carbocycles. The highest BCUT2D eigenvalue weighted by Crippen LogP contribution is 2.49. The van der Waals surface area contributed by atoms with Gasteiger partial charge in [0.15, 0.2) is 0 Å². The van der Waals surface area contributed by atoms with Gasteiger partial charge in [0.05, 0.1) is 5.02 Å². The molecule has 96 valence electrons. The van der Waals surface area contributed by atoms with Crippen LogP contribution in [0.25, 0.3) is 0 Å². The zero-order chi connectivity index (χ0) is 12.5. The summed E-state index contributed by atoms with van der Waals surface area (Å²) in [5.41, 5.74) is 0.461. The molecule has 0 aromatic carbocycles. The summed E-state index contributed by atoms with van der Waals surface area (Å²) in [6.45, 7) is 5.88. The first-order valence-corrected chi connectivity index (χ1v) is 7.67. The summed E-state index contributed by atoms with van der Waals surface area (Å²) in [4.78, 5) is 1.40. The fourth-order valence-corrected chi connectivity index (χ4v) is 4.42. The van der Waals surface area contributed by atoms with Crippen molar-refractivity contribution in [2.45, 2.75) is 39.0 Å². The van der Waals surface area contributed by atoms with Crippen LogP contribution in [0.15, 0.2) is 11.4 Å². The van der Waals surface area contributed by atoms with E-state index in [1.807, 2.05) is 24.5 Å². The fraction of sp³-hybridized carbons (Fsp3) is 0.714. The summed E-state index contributed by atoms with van der Waals surface area (Å²) in [5, 5.41) is 6.43.